The number of guanidine groups is 1. The zero-order valence-electron chi connectivity index (χ0n) is 17.2. The van der Waals surface area contributed by atoms with E-state index in [0.717, 1.165) is 37.8 Å². The van der Waals surface area contributed by atoms with Crippen LogP contribution in [-0.4, -0.2) is 67.2 Å². The number of pyridine rings is 1. The van der Waals surface area contributed by atoms with E-state index in [1.165, 1.54) is 25.8 Å². The molecule has 0 radical (unpaired) electrons. The van der Waals surface area contributed by atoms with E-state index in [2.05, 4.69) is 44.3 Å². The van der Waals surface area contributed by atoms with Crippen LogP contribution in [0.1, 0.15) is 39.5 Å². The highest BCUT2D eigenvalue weighted by Gasteiger charge is 2.26. The number of likely N-dealkylation sites (tertiary alicyclic amines) is 1. The Hall–Kier alpha value is -0.800. The summed E-state index contributed by atoms with van der Waals surface area (Å²) < 4.78 is 0. The molecular formula is C20H34ClIN6. The maximum atomic E-state index is 6.29. The van der Waals surface area contributed by atoms with Gasteiger partial charge >= 0.3 is 0 Å². The summed E-state index contributed by atoms with van der Waals surface area (Å²) in [6, 6.07) is 5.30. The van der Waals surface area contributed by atoms with E-state index >= 15 is 0 Å². The van der Waals surface area contributed by atoms with Gasteiger partial charge in [0.1, 0.15) is 5.82 Å². The summed E-state index contributed by atoms with van der Waals surface area (Å²) in [6.07, 6.45) is 6.83. The van der Waals surface area contributed by atoms with Crippen LogP contribution < -0.4 is 15.5 Å². The molecule has 2 saturated heterocycles. The molecule has 3 unspecified atom stereocenters. The Labute approximate surface area is 191 Å². The van der Waals surface area contributed by atoms with Gasteiger partial charge in [0.05, 0.1) is 5.02 Å². The summed E-state index contributed by atoms with van der Waals surface area (Å²) in [7, 11) is 1.84. The minimum Gasteiger partial charge on any atom is -0.355 e. The third-order valence-corrected chi connectivity index (χ3v) is 6.07. The van der Waals surface area contributed by atoms with Crippen molar-refractivity contribution in [3.05, 3.63) is 23.4 Å². The van der Waals surface area contributed by atoms with E-state index in [4.69, 9.17) is 11.6 Å². The van der Waals surface area contributed by atoms with Gasteiger partial charge in [0.15, 0.2) is 5.96 Å². The van der Waals surface area contributed by atoms with Crippen molar-refractivity contribution in [3.63, 3.8) is 0 Å². The molecule has 28 heavy (non-hydrogen) atoms. The van der Waals surface area contributed by atoms with Crippen LogP contribution in [0, 0.1) is 0 Å². The van der Waals surface area contributed by atoms with E-state index in [1.54, 1.807) is 6.20 Å². The van der Waals surface area contributed by atoms with E-state index < -0.39 is 0 Å². The first-order valence-electron chi connectivity index (χ1n) is 10.2. The molecule has 1 aromatic rings. The Morgan fingerprint density at radius 3 is 2.89 bits per heavy atom. The number of nitrogens with zero attached hydrogens (tertiary/aromatic N) is 4. The van der Waals surface area contributed by atoms with Crippen molar-refractivity contribution < 1.29 is 0 Å². The van der Waals surface area contributed by atoms with Gasteiger partial charge in [0, 0.05) is 51.0 Å². The Kier molecular flexibility index (Phi) is 9.56. The number of anilines is 1. The minimum absolute atomic E-state index is 0. The smallest absolute Gasteiger partial charge is 0.191 e. The van der Waals surface area contributed by atoms with Crippen molar-refractivity contribution >= 4 is 47.4 Å². The van der Waals surface area contributed by atoms with Crippen LogP contribution in [0.5, 0.6) is 0 Å². The first-order valence-corrected chi connectivity index (χ1v) is 10.5. The maximum Gasteiger partial charge on any atom is 0.191 e. The summed E-state index contributed by atoms with van der Waals surface area (Å²) in [4.78, 5) is 13.7. The van der Waals surface area contributed by atoms with Gasteiger partial charge in [-0.3, -0.25) is 9.89 Å². The number of hydrogen-bond acceptors (Lipinski definition) is 4. The van der Waals surface area contributed by atoms with E-state index in [-0.39, 0.29) is 24.0 Å². The quantitative estimate of drug-likeness (QED) is 0.354. The van der Waals surface area contributed by atoms with Crippen LogP contribution in [0.4, 0.5) is 5.82 Å². The van der Waals surface area contributed by atoms with Crippen LogP contribution in [0.2, 0.25) is 5.02 Å². The standard InChI is InChI=1S/C20H33ClN6.HI/c1-15-7-4-5-11-27(15)16(2)13-24-20(22-3)25-17-9-12-26(14-17)19-18(21)8-6-10-23-19;/h6,8,10,15-17H,4-5,7,9,11-14H2,1-3H3,(H2,22,24,25);1H. The summed E-state index contributed by atoms with van der Waals surface area (Å²) in [5.74, 6) is 1.75. The molecule has 2 aliphatic rings. The van der Waals surface area contributed by atoms with E-state index in [1.807, 2.05) is 19.2 Å². The molecule has 8 heteroatoms. The van der Waals surface area contributed by atoms with Crippen molar-refractivity contribution in [2.45, 2.75) is 57.7 Å². The van der Waals surface area contributed by atoms with Crippen LogP contribution in [0.25, 0.3) is 0 Å². The van der Waals surface area contributed by atoms with Crippen LogP contribution >= 0.6 is 35.6 Å². The zero-order valence-corrected chi connectivity index (χ0v) is 20.3. The topological polar surface area (TPSA) is 55.8 Å². The summed E-state index contributed by atoms with van der Waals surface area (Å²) in [6.45, 7) is 8.61. The lowest BCUT2D eigenvalue weighted by Gasteiger charge is -2.38. The fraction of sp³-hybridized carbons (Fsp3) is 0.700. The molecule has 1 aromatic heterocycles. The van der Waals surface area contributed by atoms with Crippen molar-refractivity contribution in [3.8, 4) is 0 Å². The SMILES string of the molecule is CN=C(NCC(C)N1CCCCC1C)NC1CCN(c2ncccc2Cl)C1.I. The Bertz CT molecular complexity index is 643. The van der Waals surface area contributed by atoms with Crippen molar-refractivity contribution in [2.75, 3.05) is 38.1 Å². The molecule has 0 saturated carbocycles. The molecule has 0 aliphatic carbocycles. The predicted octanol–water partition coefficient (Wildman–Crippen LogP) is 3.36. The fourth-order valence-electron chi connectivity index (χ4n) is 4.21. The second-order valence-corrected chi connectivity index (χ2v) is 8.18. The van der Waals surface area contributed by atoms with Crippen molar-refractivity contribution in [1.82, 2.24) is 20.5 Å². The number of halogens is 2. The van der Waals surface area contributed by atoms with Gasteiger partial charge in [-0.15, -0.1) is 24.0 Å². The van der Waals surface area contributed by atoms with Crippen LogP contribution in [-0.2, 0) is 0 Å². The first kappa shape index (κ1) is 23.5. The fourth-order valence-corrected chi connectivity index (χ4v) is 4.45. The molecule has 3 rings (SSSR count). The summed E-state index contributed by atoms with van der Waals surface area (Å²) >= 11 is 6.29. The molecule has 0 aromatic carbocycles. The molecule has 0 bridgehead atoms. The average molecular weight is 521 g/mol. The maximum absolute atomic E-state index is 6.29. The number of aromatic nitrogens is 1. The zero-order chi connectivity index (χ0) is 19.2. The Morgan fingerprint density at radius 1 is 1.36 bits per heavy atom. The number of nitrogens with one attached hydrogen (secondary N) is 2. The molecule has 0 spiro atoms. The predicted molar refractivity (Wildman–Crippen MR) is 129 cm³/mol. The molecule has 2 N–H and O–H groups in total. The summed E-state index contributed by atoms with van der Waals surface area (Å²) in [5.41, 5.74) is 0. The highest BCUT2D eigenvalue weighted by Crippen LogP contribution is 2.25. The van der Waals surface area contributed by atoms with Gasteiger partial charge in [0.25, 0.3) is 0 Å². The molecule has 158 valence electrons. The molecule has 3 atom stereocenters. The van der Waals surface area contributed by atoms with Gasteiger partial charge in [-0.05, 0) is 51.8 Å². The molecule has 2 fully saturated rings. The van der Waals surface area contributed by atoms with Gasteiger partial charge in [-0.1, -0.05) is 18.0 Å². The number of aliphatic imine (C=N–C) groups is 1. The van der Waals surface area contributed by atoms with Gasteiger partial charge in [-0.25, -0.2) is 4.98 Å². The minimum atomic E-state index is 0. The van der Waals surface area contributed by atoms with Gasteiger partial charge in [-0.2, -0.15) is 0 Å². The molecule has 0 amide bonds. The number of rotatable bonds is 5. The van der Waals surface area contributed by atoms with Crippen LogP contribution in [0.3, 0.4) is 0 Å². The van der Waals surface area contributed by atoms with Gasteiger partial charge < -0.3 is 15.5 Å². The first-order chi connectivity index (χ1) is 13.1. The summed E-state index contributed by atoms with van der Waals surface area (Å²) in [5, 5.41) is 7.79. The molecule has 2 aliphatic heterocycles. The van der Waals surface area contributed by atoms with Crippen molar-refractivity contribution in [2.24, 2.45) is 4.99 Å². The molecule has 3 heterocycles. The average Bonchev–Trinajstić information content (AvgIpc) is 3.14. The lowest BCUT2D eigenvalue weighted by molar-refractivity contribution is 0.115. The number of piperidine rings is 1. The van der Waals surface area contributed by atoms with Gasteiger partial charge in [0.2, 0.25) is 0 Å². The highest BCUT2D eigenvalue weighted by molar-refractivity contribution is 14.0. The molecule has 6 nitrogen and oxygen atoms in total. The van der Waals surface area contributed by atoms with Crippen LogP contribution in [0.15, 0.2) is 23.3 Å². The number of hydrogen-bond donors (Lipinski definition) is 2. The van der Waals surface area contributed by atoms with E-state index in [0.29, 0.717) is 23.1 Å². The second-order valence-electron chi connectivity index (χ2n) is 7.77. The third kappa shape index (κ3) is 6.10. The Morgan fingerprint density at radius 2 is 2.18 bits per heavy atom. The lowest BCUT2D eigenvalue weighted by atomic mass is 10.0. The Balaban J connectivity index is 0.00000280. The van der Waals surface area contributed by atoms with Crippen molar-refractivity contribution in [1.29, 1.82) is 0 Å². The molecular weight excluding hydrogens is 487 g/mol. The lowest BCUT2D eigenvalue weighted by Crippen LogP contribution is -2.51. The monoisotopic (exact) mass is 520 g/mol. The largest absolute Gasteiger partial charge is 0.355 e. The normalized spacial score (nSPS) is 24.6. The highest BCUT2D eigenvalue weighted by atomic mass is 127. The third-order valence-electron chi connectivity index (χ3n) is 5.78. The van der Waals surface area contributed by atoms with E-state index in [9.17, 15) is 0 Å². The second kappa shape index (κ2) is 11.4.